The van der Waals surface area contributed by atoms with Crippen molar-refractivity contribution in [2.45, 2.75) is 57.8 Å². The Hall–Kier alpha value is -6.96. The van der Waals surface area contributed by atoms with Gasteiger partial charge in [-0.25, -0.2) is 0 Å². The molecule has 4 aromatic carbocycles. The molecule has 6 rings (SSSR count). The number of benzene rings is 4. The highest BCUT2D eigenvalue weighted by Crippen LogP contribution is 2.39. The van der Waals surface area contributed by atoms with Crippen molar-refractivity contribution in [3.63, 3.8) is 0 Å². The lowest BCUT2D eigenvalue weighted by atomic mass is 9.84. The third-order valence-electron chi connectivity index (χ3n) is 9.55. The molecule has 14 nitrogen and oxygen atoms in total. The van der Waals surface area contributed by atoms with Crippen LogP contribution in [0.3, 0.4) is 0 Å². The number of hydrogen-bond acceptors (Lipinski definition) is 12. The van der Waals surface area contributed by atoms with Crippen molar-refractivity contribution < 1.29 is 38.7 Å². The topological polar surface area (TPSA) is 213 Å². The zero-order valence-electron chi connectivity index (χ0n) is 29.9. The first-order chi connectivity index (χ1) is 26.4. The minimum Gasteiger partial charge on any atom is -0.508 e. The standard InChI is InChI=1S/C41H36N4O10/c1-24-40(44(50)51)38(54-42-24)22-30(20-36(48)28-9-5-3-6-10-28)32-18-26(13-15-34(32)46)17-27-14-16-35(47)33(19-27)31(21-37(49)29-11-7-4-8-12-29)23-39-41(45(52)53)25(2)43-55-39/h3-16,18-19,30-31,46-47H,17,20-23H2,1-2H3. The van der Waals surface area contributed by atoms with E-state index in [0.29, 0.717) is 33.4 Å². The second-order valence-corrected chi connectivity index (χ2v) is 13.3. The third-order valence-corrected chi connectivity index (χ3v) is 9.55. The summed E-state index contributed by atoms with van der Waals surface area (Å²) in [5.74, 6) is -2.27. The molecular formula is C41H36N4O10. The van der Waals surface area contributed by atoms with Gasteiger partial charge in [0.05, 0.1) is 9.85 Å². The molecule has 2 atom stereocenters. The predicted octanol–water partition coefficient (Wildman–Crippen LogP) is 8.30. The Kier molecular flexibility index (Phi) is 11.2. The molecule has 0 radical (unpaired) electrons. The molecular weight excluding hydrogens is 708 g/mol. The van der Waals surface area contributed by atoms with Crippen molar-refractivity contribution in [1.82, 2.24) is 10.3 Å². The Morgan fingerprint density at radius 1 is 0.636 bits per heavy atom. The predicted molar refractivity (Wildman–Crippen MR) is 198 cm³/mol. The van der Waals surface area contributed by atoms with Gasteiger partial charge < -0.3 is 19.3 Å². The van der Waals surface area contributed by atoms with Crippen LogP contribution in [0, 0.1) is 34.1 Å². The van der Waals surface area contributed by atoms with Gasteiger partial charge in [0.25, 0.3) is 0 Å². The van der Waals surface area contributed by atoms with Crippen LogP contribution in [0.5, 0.6) is 11.5 Å². The minimum atomic E-state index is -0.747. The summed E-state index contributed by atoms with van der Waals surface area (Å²) in [5.41, 5.74) is 2.59. The Balaban J connectivity index is 1.34. The van der Waals surface area contributed by atoms with Gasteiger partial charge in [-0.2, -0.15) is 0 Å². The van der Waals surface area contributed by atoms with Crippen LogP contribution in [0.2, 0.25) is 0 Å². The molecule has 0 amide bonds. The number of aromatic hydroxyl groups is 2. The van der Waals surface area contributed by atoms with Crippen molar-refractivity contribution in [3.05, 3.63) is 174 Å². The van der Waals surface area contributed by atoms with Crippen molar-refractivity contribution in [3.8, 4) is 11.5 Å². The second-order valence-electron chi connectivity index (χ2n) is 13.3. The van der Waals surface area contributed by atoms with Crippen LogP contribution in [0.4, 0.5) is 11.4 Å². The van der Waals surface area contributed by atoms with Crippen molar-refractivity contribution in [2.24, 2.45) is 0 Å². The van der Waals surface area contributed by atoms with Crippen molar-refractivity contribution in [1.29, 1.82) is 0 Å². The number of aryl methyl sites for hydroxylation is 2. The van der Waals surface area contributed by atoms with E-state index < -0.39 is 21.7 Å². The number of ketones is 2. The van der Waals surface area contributed by atoms with Gasteiger partial charge in [-0.1, -0.05) is 95.2 Å². The van der Waals surface area contributed by atoms with Crippen LogP contribution in [-0.2, 0) is 19.3 Å². The number of phenolic OH excluding ortho intramolecular Hbond substituents is 2. The average Bonchev–Trinajstić information content (AvgIpc) is 3.73. The number of hydrogen-bond donors (Lipinski definition) is 2. The average molecular weight is 745 g/mol. The highest BCUT2D eigenvalue weighted by Gasteiger charge is 2.32. The number of Topliss-reactive ketones (excluding diaryl/α,β-unsaturated/α-hetero) is 2. The molecule has 55 heavy (non-hydrogen) atoms. The summed E-state index contributed by atoms with van der Waals surface area (Å²) in [5, 5.41) is 53.6. The molecule has 0 bridgehead atoms. The van der Waals surface area contributed by atoms with Gasteiger partial charge in [0, 0.05) is 48.6 Å². The first-order valence-electron chi connectivity index (χ1n) is 17.4. The van der Waals surface area contributed by atoms with Crippen LogP contribution < -0.4 is 0 Å². The molecule has 6 aromatic rings. The number of nitrogens with zero attached hydrogens (tertiary/aromatic N) is 4. The van der Waals surface area contributed by atoms with E-state index in [1.807, 2.05) is 0 Å². The maximum Gasteiger partial charge on any atom is 0.334 e. The Bertz CT molecular complexity index is 2200. The monoisotopic (exact) mass is 744 g/mol. The van der Waals surface area contributed by atoms with Crippen LogP contribution in [0.25, 0.3) is 0 Å². The molecule has 0 aliphatic heterocycles. The van der Waals surface area contributed by atoms with Crippen LogP contribution in [0.15, 0.2) is 106 Å². The summed E-state index contributed by atoms with van der Waals surface area (Å²) in [6.45, 7) is 2.91. The van der Waals surface area contributed by atoms with Gasteiger partial charge in [-0.05, 0) is 54.7 Å². The van der Waals surface area contributed by atoms with E-state index in [1.165, 1.54) is 26.0 Å². The van der Waals surface area contributed by atoms with Crippen LogP contribution in [-0.4, -0.2) is 41.9 Å². The lowest BCUT2D eigenvalue weighted by molar-refractivity contribution is -0.386. The molecule has 14 heteroatoms. The normalized spacial score (nSPS) is 12.3. The molecule has 0 spiro atoms. The first kappa shape index (κ1) is 37.8. The quantitative estimate of drug-likeness (QED) is 0.0544. The minimum absolute atomic E-state index is 0.0281. The Labute approximate surface area is 314 Å². The molecule has 2 aromatic heterocycles. The van der Waals surface area contributed by atoms with E-state index in [0.717, 1.165) is 0 Å². The van der Waals surface area contributed by atoms with Crippen molar-refractivity contribution in [2.75, 3.05) is 0 Å². The van der Waals surface area contributed by atoms with E-state index in [9.17, 15) is 40.0 Å². The zero-order valence-corrected chi connectivity index (χ0v) is 29.9. The first-order valence-corrected chi connectivity index (χ1v) is 17.4. The number of phenols is 2. The highest BCUT2D eigenvalue weighted by atomic mass is 16.6. The molecule has 0 aliphatic carbocycles. The largest absolute Gasteiger partial charge is 0.508 e. The summed E-state index contributed by atoms with van der Waals surface area (Å²) < 4.78 is 10.7. The lowest BCUT2D eigenvalue weighted by Gasteiger charge is -2.19. The van der Waals surface area contributed by atoms with Crippen molar-refractivity contribution >= 4 is 22.9 Å². The SMILES string of the molecule is Cc1noc(CC(CC(=O)c2ccccc2)c2cc(Cc3ccc(O)c(C(CC(=O)c4ccccc4)Cc4onc(C)c4[N+](=O)[O-])c3)ccc2O)c1[N+](=O)[O-]. The number of carbonyl (C=O) groups is 2. The lowest BCUT2D eigenvalue weighted by Crippen LogP contribution is -2.12. The van der Waals surface area contributed by atoms with Crippen LogP contribution >= 0.6 is 0 Å². The number of rotatable bonds is 16. The molecule has 0 aliphatic rings. The van der Waals surface area contributed by atoms with Crippen LogP contribution in [0.1, 0.15) is 90.6 Å². The van der Waals surface area contributed by atoms with Gasteiger partial charge >= 0.3 is 11.4 Å². The molecule has 0 saturated carbocycles. The smallest absolute Gasteiger partial charge is 0.334 e. The Morgan fingerprint density at radius 3 is 1.38 bits per heavy atom. The fourth-order valence-electron chi connectivity index (χ4n) is 6.84. The number of nitro groups is 2. The maximum atomic E-state index is 13.5. The van der Waals surface area contributed by atoms with Gasteiger partial charge in [0.15, 0.2) is 23.0 Å². The number of carbonyl (C=O) groups excluding carboxylic acids is 2. The third kappa shape index (κ3) is 8.65. The van der Waals surface area contributed by atoms with E-state index >= 15 is 0 Å². The summed E-state index contributed by atoms with van der Waals surface area (Å²) in [7, 11) is 0. The molecule has 0 saturated heterocycles. The fourth-order valence-corrected chi connectivity index (χ4v) is 6.84. The van der Waals surface area contributed by atoms with Gasteiger partial charge in [0.1, 0.15) is 11.5 Å². The summed E-state index contributed by atoms with van der Waals surface area (Å²) >= 11 is 0. The number of aromatic nitrogens is 2. The maximum absolute atomic E-state index is 13.5. The van der Waals surface area contributed by atoms with Gasteiger partial charge in [-0.15, -0.1) is 0 Å². The van der Waals surface area contributed by atoms with E-state index in [2.05, 4.69) is 10.3 Å². The highest BCUT2D eigenvalue weighted by molar-refractivity contribution is 5.97. The van der Waals surface area contributed by atoms with E-state index in [1.54, 1.807) is 84.9 Å². The summed E-state index contributed by atoms with van der Waals surface area (Å²) in [6, 6.07) is 26.9. The molecule has 280 valence electrons. The molecule has 0 fully saturated rings. The van der Waals surface area contributed by atoms with E-state index in [4.69, 9.17) is 9.05 Å². The Morgan fingerprint density at radius 2 is 1.02 bits per heavy atom. The van der Waals surface area contributed by atoms with E-state index in [-0.39, 0.29) is 89.5 Å². The summed E-state index contributed by atoms with van der Waals surface area (Å²) in [4.78, 5) is 49.5. The molecule has 2 heterocycles. The second kappa shape index (κ2) is 16.4. The fraction of sp³-hybridized carbons (Fsp3) is 0.220. The molecule has 2 unspecified atom stereocenters. The summed E-state index contributed by atoms with van der Waals surface area (Å²) in [6.07, 6.45) is -0.138. The molecule has 2 N–H and O–H groups in total. The van der Waals surface area contributed by atoms with Gasteiger partial charge in [0.2, 0.25) is 11.5 Å². The zero-order chi connectivity index (χ0) is 39.2. The van der Waals surface area contributed by atoms with Gasteiger partial charge in [-0.3, -0.25) is 29.8 Å².